The van der Waals surface area contributed by atoms with Gasteiger partial charge in [0.05, 0.1) is 0 Å². The topological polar surface area (TPSA) is 105 Å². The van der Waals surface area contributed by atoms with E-state index in [9.17, 15) is 14.4 Å². The molecular formula is C28H36N2O5. The highest BCUT2D eigenvalue weighted by Crippen LogP contribution is 2.44. The van der Waals surface area contributed by atoms with E-state index in [1.54, 1.807) is 0 Å². The Labute approximate surface area is 207 Å². The van der Waals surface area contributed by atoms with Crippen molar-refractivity contribution in [2.24, 2.45) is 5.92 Å². The SMILES string of the molecule is CC(C)C[C@H](NC(=O)OCC1c2ccccc2-c2ccccc21)C(=O)NCCCCCCC(=O)O. The molecule has 0 unspecified atom stereocenters. The van der Waals surface area contributed by atoms with Crippen molar-refractivity contribution in [3.8, 4) is 11.1 Å². The van der Waals surface area contributed by atoms with Crippen LogP contribution >= 0.6 is 0 Å². The van der Waals surface area contributed by atoms with Crippen molar-refractivity contribution < 1.29 is 24.2 Å². The molecule has 7 heteroatoms. The molecule has 188 valence electrons. The van der Waals surface area contributed by atoms with E-state index in [1.807, 2.05) is 38.1 Å². The van der Waals surface area contributed by atoms with Crippen molar-refractivity contribution in [2.75, 3.05) is 13.2 Å². The Morgan fingerprint density at radius 3 is 2.11 bits per heavy atom. The van der Waals surface area contributed by atoms with Crippen LogP contribution in [0.2, 0.25) is 0 Å². The highest BCUT2D eigenvalue weighted by atomic mass is 16.5. The number of fused-ring (bicyclic) bond motifs is 3. The number of unbranched alkanes of at least 4 members (excludes halogenated alkanes) is 3. The Bertz CT molecular complexity index is 974. The van der Waals surface area contributed by atoms with Gasteiger partial charge in [-0.3, -0.25) is 9.59 Å². The molecule has 2 aromatic carbocycles. The maximum atomic E-state index is 12.7. The van der Waals surface area contributed by atoms with E-state index in [0.29, 0.717) is 19.4 Å². The zero-order valence-electron chi connectivity index (χ0n) is 20.6. The summed E-state index contributed by atoms with van der Waals surface area (Å²) in [4.78, 5) is 35.9. The summed E-state index contributed by atoms with van der Waals surface area (Å²) in [7, 11) is 0. The molecule has 2 aromatic rings. The van der Waals surface area contributed by atoms with Gasteiger partial charge in [-0.15, -0.1) is 0 Å². The van der Waals surface area contributed by atoms with E-state index in [2.05, 4.69) is 34.9 Å². The summed E-state index contributed by atoms with van der Waals surface area (Å²) in [5.74, 6) is -0.825. The number of nitrogens with one attached hydrogen (secondary N) is 2. The van der Waals surface area contributed by atoms with E-state index in [0.717, 1.165) is 41.5 Å². The van der Waals surface area contributed by atoms with Gasteiger partial charge in [0.2, 0.25) is 5.91 Å². The lowest BCUT2D eigenvalue weighted by molar-refractivity contribution is -0.137. The molecule has 0 radical (unpaired) electrons. The van der Waals surface area contributed by atoms with Crippen LogP contribution in [0.1, 0.15) is 69.4 Å². The van der Waals surface area contributed by atoms with Crippen molar-refractivity contribution in [1.29, 1.82) is 0 Å². The Morgan fingerprint density at radius 1 is 0.914 bits per heavy atom. The minimum absolute atomic E-state index is 0.0355. The molecule has 35 heavy (non-hydrogen) atoms. The Kier molecular flexibility index (Phi) is 9.70. The molecule has 1 aliphatic rings. The van der Waals surface area contributed by atoms with Crippen LogP contribution in [-0.4, -0.2) is 42.3 Å². The van der Waals surface area contributed by atoms with Gasteiger partial charge in [0.15, 0.2) is 0 Å². The number of hydrogen-bond donors (Lipinski definition) is 3. The quantitative estimate of drug-likeness (QED) is 0.346. The zero-order chi connectivity index (χ0) is 25.2. The number of carboxylic acid groups (broad SMARTS) is 1. The minimum atomic E-state index is -0.783. The fraction of sp³-hybridized carbons (Fsp3) is 0.464. The molecular weight excluding hydrogens is 444 g/mol. The van der Waals surface area contributed by atoms with Crippen molar-refractivity contribution in [3.05, 3.63) is 59.7 Å². The lowest BCUT2D eigenvalue weighted by Crippen LogP contribution is -2.48. The first-order valence-electron chi connectivity index (χ1n) is 12.5. The second-order valence-electron chi connectivity index (χ2n) is 9.50. The van der Waals surface area contributed by atoms with E-state index < -0.39 is 18.1 Å². The average Bonchev–Trinajstić information content (AvgIpc) is 3.15. The highest BCUT2D eigenvalue weighted by Gasteiger charge is 2.30. The third kappa shape index (κ3) is 7.57. The van der Waals surface area contributed by atoms with Crippen LogP contribution in [0.3, 0.4) is 0 Å². The molecule has 1 atom stereocenters. The predicted octanol–water partition coefficient (Wildman–Crippen LogP) is 5.09. The van der Waals surface area contributed by atoms with Crippen LogP contribution in [0.4, 0.5) is 4.79 Å². The summed E-state index contributed by atoms with van der Waals surface area (Å²) in [5.41, 5.74) is 4.61. The summed E-state index contributed by atoms with van der Waals surface area (Å²) in [5, 5.41) is 14.3. The number of carbonyl (C=O) groups excluding carboxylic acids is 2. The van der Waals surface area contributed by atoms with Gasteiger partial charge in [-0.05, 0) is 47.4 Å². The van der Waals surface area contributed by atoms with Gasteiger partial charge in [-0.25, -0.2) is 4.79 Å². The molecule has 0 aromatic heterocycles. The number of aliphatic carboxylic acids is 1. The number of amides is 2. The molecule has 0 bridgehead atoms. The van der Waals surface area contributed by atoms with E-state index in [1.165, 1.54) is 0 Å². The fourth-order valence-electron chi connectivity index (χ4n) is 4.57. The van der Waals surface area contributed by atoms with Gasteiger partial charge >= 0.3 is 12.1 Å². The normalized spacial score (nSPS) is 13.1. The lowest BCUT2D eigenvalue weighted by Gasteiger charge is -2.21. The Balaban J connectivity index is 1.50. The first-order chi connectivity index (χ1) is 16.9. The van der Waals surface area contributed by atoms with E-state index in [4.69, 9.17) is 9.84 Å². The summed E-state index contributed by atoms with van der Waals surface area (Å²) in [6.45, 7) is 4.70. The van der Waals surface area contributed by atoms with Crippen LogP contribution in [0, 0.1) is 5.92 Å². The second-order valence-corrected chi connectivity index (χ2v) is 9.50. The second kappa shape index (κ2) is 12.9. The maximum Gasteiger partial charge on any atom is 0.407 e. The van der Waals surface area contributed by atoms with Crippen LogP contribution in [-0.2, 0) is 14.3 Å². The van der Waals surface area contributed by atoms with Gasteiger partial charge in [-0.2, -0.15) is 0 Å². The molecule has 3 rings (SSSR count). The van der Waals surface area contributed by atoms with Crippen LogP contribution in [0.25, 0.3) is 11.1 Å². The molecule has 7 nitrogen and oxygen atoms in total. The third-order valence-corrected chi connectivity index (χ3v) is 6.28. The molecule has 1 aliphatic carbocycles. The summed E-state index contributed by atoms with van der Waals surface area (Å²) in [6, 6.07) is 15.6. The van der Waals surface area contributed by atoms with Crippen molar-refractivity contribution in [3.63, 3.8) is 0 Å². The number of benzene rings is 2. The van der Waals surface area contributed by atoms with Gasteiger partial charge < -0.3 is 20.5 Å². The smallest absolute Gasteiger partial charge is 0.407 e. The molecule has 0 saturated heterocycles. The monoisotopic (exact) mass is 480 g/mol. The molecule has 0 spiro atoms. The molecule has 2 amide bonds. The van der Waals surface area contributed by atoms with Gasteiger partial charge in [-0.1, -0.05) is 75.2 Å². The van der Waals surface area contributed by atoms with Crippen molar-refractivity contribution in [2.45, 2.75) is 64.3 Å². The minimum Gasteiger partial charge on any atom is -0.481 e. The number of hydrogen-bond acceptors (Lipinski definition) is 4. The number of ether oxygens (including phenoxy) is 1. The third-order valence-electron chi connectivity index (χ3n) is 6.28. The zero-order valence-corrected chi connectivity index (χ0v) is 20.6. The van der Waals surface area contributed by atoms with Crippen LogP contribution in [0.5, 0.6) is 0 Å². The average molecular weight is 481 g/mol. The number of carboxylic acids is 1. The molecule has 0 aliphatic heterocycles. The number of alkyl carbamates (subject to hydrolysis) is 1. The number of carbonyl (C=O) groups is 3. The standard InChI is InChI=1S/C28H36N2O5/c1-19(2)17-25(27(33)29-16-10-4-3-5-15-26(31)32)30-28(34)35-18-24-22-13-8-6-11-20(22)21-12-7-9-14-23(21)24/h6-9,11-14,19,24-25H,3-5,10,15-18H2,1-2H3,(H,29,33)(H,30,34)(H,31,32)/t25-/m0/s1. The number of rotatable bonds is 13. The van der Waals surface area contributed by atoms with Crippen LogP contribution in [0.15, 0.2) is 48.5 Å². The first kappa shape index (κ1) is 26.3. The highest BCUT2D eigenvalue weighted by molar-refractivity contribution is 5.85. The lowest BCUT2D eigenvalue weighted by atomic mass is 9.98. The molecule has 0 fully saturated rings. The van der Waals surface area contributed by atoms with E-state index >= 15 is 0 Å². The van der Waals surface area contributed by atoms with Crippen LogP contribution < -0.4 is 10.6 Å². The van der Waals surface area contributed by atoms with E-state index in [-0.39, 0.29) is 30.8 Å². The predicted molar refractivity (Wildman–Crippen MR) is 135 cm³/mol. The Hall–Kier alpha value is -3.35. The molecule has 0 heterocycles. The Morgan fingerprint density at radius 2 is 1.51 bits per heavy atom. The maximum absolute atomic E-state index is 12.7. The summed E-state index contributed by atoms with van der Waals surface area (Å²) >= 11 is 0. The molecule has 3 N–H and O–H groups in total. The largest absolute Gasteiger partial charge is 0.481 e. The fourth-order valence-corrected chi connectivity index (χ4v) is 4.57. The van der Waals surface area contributed by atoms with Gasteiger partial charge in [0.25, 0.3) is 0 Å². The van der Waals surface area contributed by atoms with Crippen molar-refractivity contribution >= 4 is 18.0 Å². The summed E-state index contributed by atoms with van der Waals surface area (Å²) < 4.78 is 5.61. The molecule has 0 saturated carbocycles. The van der Waals surface area contributed by atoms with Gasteiger partial charge in [0.1, 0.15) is 12.6 Å². The van der Waals surface area contributed by atoms with Crippen molar-refractivity contribution in [1.82, 2.24) is 10.6 Å². The summed E-state index contributed by atoms with van der Waals surface area (Å²) in [6.07, 6.45) is 3.16. The van der Waals surface area contributed by atoms with Gasteiger partial charge in [0, 0.05) is 18.9 Å². The first-order valence-corrected chi connectivity index (χ1v) is 12.5.